The van der Waals surface area contributed by atoms with Crippen LogP contribution in [0, 0.1) is 11.3 Å². The number of nitriles is 1. The van der Waals surface area contributed by atoms with Crippen LogP contribution in [0.5, 0.6) is 5.75 Å². The van der Waals surface area contributed by atoms with Gasteiger partial charge in [0.25, 0.3) is 5.56 Å². The van der Waals surface area contributed by atoms with Crippen LogP contribution < -0.4 is 21.3 Å². The molecule has 0 spiro atoms. The Morgan fingerprint density at radius 3 is 2.61 bits per heavy atom. The van der Waals surface area contributed by atoms with E-state index < -0.39 is 17.7 Å². The first-order valence-electron chi connectivity index (χ1n) is 12.6. The van der Waals surface area contributed by atoms with Crippen molar-refractivity contribution in [3.05, 3.63) is 94.9 Å². The molecule has 3 aromatic heterocycles. The number of aromatic nitrogens is 5. The number of anilines is 2. The van der Waals surface area contributed by atoms with Crippen molar-refractivity contribution in [2.75, 3.05) is 11.1 Å². The molecule has 0 radical (unpaired) electrons. The molecule has 41 heavy (non-hydrogen) atoms. The average Bonchev–Trinajstić information content (AvgIpc) is 2.97. The zero-order valence-corrected chi connectivity index (χ0v) is 22.0. The molecule has 3 heterocycles. The van der Waals surface area contributed by atoms with Gasteiger partial charge in [0.15, 0.2) is 0 Å². The largest absolute Gasteiger partial charge is 0.433 e. The van der Waals surface area contributed by atoms with Crippen molar-refractivity contribution in [2.45, 2.75) is 32.4 Å². The Bertz CT molecular complexity index is 1840. The highest BCUT2D eigenvalue weighted by atomic mass is 19.3. The number of nitrogens with two attached hydrogens (primary N) is 1. The van der Waals surface area contributed by atoms with E-state index in [0.29, 0.717) is 34.6 Å². The average molecular weight is 555 g/mol. The Balaban J connectivity index is 1.78. The molecule has 3 N–H and O–H groups in total. The van der Waals surface area contributed by atoms with E-state index in [-0.39, 0.29) is 28.5 Å². The van der Waals surface area contributed by atoms with Crippen LogP contribution in [0.15, 0.2) is 78.0 Å². The number of nitrogens with zero attached hydrogens (tertiary/aromatic N) is 6. The molecular weight excluding hydrogens is 530 g/mol. The first kappa shape index (κ1) is 27.1. The summed E-state index contributed by atoms with van der Waals surface area (Å²) in [5, 5.41) is 13.2. The second-order valence-electron chi connectivity index (χ2n) is 9.31. The summed E-state index contributed by atoms with van der Waals surface area (Å²) >= 11 is 0. The minimum Gasteiger partial charge on any atom is -0.433 e. The molecule has 5 aromatic rings. The molecule has 0 saturated heterocycles. The second-order valence-corrected chi connectivity index (χ2v) is 9.31. The second kappa shape index (κ2) is 11.0. The number of rotatable bonds is 8. The van der Waals surface area contributed by atoms with Gasteiger partial charge in [0.1, 0.15) is 29.0 Å². The van der Waals surface area contributed by atoms with Gasteiger partial charge in [-0.1, -0.05) is 37.3 Å². The van der Waals surface area contributed by atoms with Crippen LogP contribution in [0.3, 0.4) is 0 Å². The molecule has 206 valence electrons. The van der Waals surface area contributed by atoms with Gasteiger partial charge in [-0.05, 0) is 43.2 Å². The Morgan fingerprint density at radius 1 is 1.12 bits per heavy atom. The normalized spacial score (nSPS) is 12.6. The first-order chi connectivity index (χ1) is 19.7. The number of para-hydroxylation sites is 1. The number of halogens is 2. The topological polar surface area (TPSA) is 145 Å². The summed E-state index contributed by atoms with van der Waals surface area (Å²) in [5.41, 5.74) is 6.36. The summed E-state index contributed by atoms with van der Waals surface area (Å²) in [6.07, 6.45) is 4.40. The van der Waals surface area contributed by atoms with E-state index in [9.17, 15) is 18.8 Å². The van der Waals surface area contributed by atoms with Gasteiger partial charge in [0.05, 0.1) is 34.5 Å². The zero-order valence-electron chi connectivity index (χ0n) is 22.0. The Labute approximate surface area is 233 Å². The van der Waals surface area contributed by atoms with E-state index in [1.54, 1.807) is 42.5 Å². The van der Waals surface area contributed by atoms with Crippen molar-refractivity contribution in [3.8, 4) is 28.6 Å². The summed E-state index contributed by atoms with van der Waals surface area (Å²) < 4.78 is 31.8. The number of alkyl halides is 2. The third-order valence-corrected chi connectivity index (χ3v) is 6.68. The quantitative estimate of drug-likeness (QED) is 0.270. The number of benzene rings is 2. The summed E-state index contributed by atoms with van der Waals surface area (Å²) in [5.74, 6) is 0.402. The fourth-order valence-electron chi connectivity index (χ4n) is 4.53. The Kier molecular flexibility index (Phi) is 7.26. The highest BCUT2D eigenvalue weighted by Gasteiger charge is 2.33. The lowest BCUT2D eigenvalue weighted by atomic mass is 9.95. The summed E-state index contributed by atoms with van der Waals surface area (Å²) in [4.78, 5) is 31.5. The van der Waals surface area contributed by atoms with Crippen molar-refractivity contribution in [1.29, 1.82) is 5.26 Å². The minimum atomic E-state index is -3.02. The molecule has 0 bridgehead atoms. The Morgan fingerprint density at radius 2 is 1.90 bits per heavy atom. The lowest BCUT2D eigenvalue weighted by Crippen LogP contribution is -2.40. The van der Waals surface area contributed by atoms with E-state index in [4.69, 9.17) is 10.7 Å². The predicted octanol–water partition coefficient (Wildman–Crippen LogP) is 5.03. The molecule has 0 fully saturated rings. The van der Waals surface area contributed by atoms with Crippen LogP contribution in [0.2, 0.25) is 0 Å². The number of hydrogen-bond donors (Lipinski definition) is 2. The van der Waals surface area contributed by atoms with E-state index in [0.717, 1.165) is 0 Å². The molecule has 0 amide bonds. The molecule has 5 rings (SSSR count). The fraction of sp³-hybridized carbons (Fsp3) is 0.172. The molecule has 10 nitrogen and oxygen atoms in total. The van der Waals surface area contributed by atoms with Crippen molar-refractivity contribution in [2.24, 2.45) is 0 Å². The number of nitrogen functional groups attached to an aromatic ring is 1. The maximum Gasteiger partial charge on any atom is 0.387 e. The van der Waals surface area contributed by atoms with Gasteiger partial charge in [-0.3, -0.25) is 14.3 Å². The minimum absolute atomic E-state index is 0.0202. The van der Waals surface area contributed by atoms with Crippen molar-refractivity contribution < 1.29 is 13.5 Å². The van der Waals surface area contributed by atoms with Gasteiger partial charge in [-0.15, -0.1) is 0 Å². The van der Waals surface area contributed by atoms with Crippen LogP contribution in [-0.4, -0.2) is 31.1 Å². The van der Waals surface area contributed by atoms with E-state index in [1.165, 1.54) is 29.2 Å². The van der Waals surface area contributed by atoms with E-state index in [2.05, 4.69) is 31.1 Å². The molecule has 1 atom stereocenters. The molecular formula is C29H24F2N8O2. The molecule has 0 aliphatic rings. The van der Waals surface area contributed by atoms with Gasteiger partial charge in [-0.2, -0.15) is 19.0 Å². The monoisotopic (exact) mass is 554 g/mol. The molecule has 0 aliphatic carbocycles. The number of nitrogens with one attached hydrogen (secondary N) is 1. The summed E-state index contributed by atoms with van der Waals surface area (Å²) in [6, 6.07) is 17.5. The molecule has 0 aliphatic heterocycles. The third kappa shape index (κ3) is 5.25. The smallest absolute Gasteiger partial charge is 0.387 e. The zero-order chi connectivity index (χ0) is 29.1. The van der Waals surface area contributed by atoms with Crippen LogP contribution in [0.4, 0.5) is 20.5 Å². The van der Waals surface area contributed by atoms with Crippen LogP contribution in [0.25, 0.3) is 27.7 Å². The third-order valence-electron chi connectivity index (χ3n) is 6.68. The number of hydrogen-bond acceptors (Lipinski definition) is 9. The van der Waals surface area contributed by atoms with Crippen LogP contribution in [-0.2, 0) is 5.54 Å². The summed E-state index contributed by atoms with van der Waals surface area (Å²) in [7, 11) is 0. The van der Waals surface area contributed by atoms with Gasteiger partial charge in [0.2, 0.25) is 5.95 Å². The number of ether oxygens (including phenoxy) is 1. The van der Waals surface area contributed by atoms with Crippen molar-refractivity contribution in [3.63, 3.8) is 0 Å². The summed E-state index contributed by atoms with van der Waals surface area (Å²) in [6.45, 7) is 0.731. The van der Waals surface area contributed by atoms with Crippen LogP contribution >= 0.6 is 0 Å². The van der Waals surface area contributed by atoms with Gasteiger partial charge < -0.3 is 15.8 Å². The van der Waals surface area contributed by atoms with Crippen molar-refractivity contribution >= 4 is 22.7 Å². The Hall–Kier alpha value is -5.44. The van der Waals surface area contributed by atoms with Gasteiger partial charge >= 0.3 is 6.61 Å². The van der Waals surface area contributed by atoms with Gasteiger partial charge in [-0.25, -0.2) is 9.97 Å². The van der Waals surface area contributed by atoms with Crippen LogP contribution in [0.1, 0.15) is 31.7 Å². The molecule has 0 saturated carbocycles. The predicted molar refractivity (Wildman–Crippen MR) is 150 cm³/mol. The SMILES string of the molecule is CCC(C)(Nc1nc(N)ncc1C#N)c1nc2cccc(-c3cncc(OC(F)F)c3)c2c(=O)n1-c1ccccc1. The number of fused-ring (bicyclic) bond motifs is 1. The lowest BCUT2D eigenvalue weighted by molar-refractivity contribution is -0.0500. The molecule has 12 heteroatoms. The standard InChI is InChI=1S/C29H24F2N8O2/c1-3-29(2,38-24-18(13-32)15-35-28(33)37-24)26-36-22-11-7-10-21(17-12-20(16-34-14-17)41-27(30)31)23(22)25(40)39(26)19-8-5-4-6-9-19/h4-12,14-16,27H,3H2,1-2H3,(H3,33,35,37,38). The van der Waals surface area contributed by atoms with Crippen molar-refractivity contribution in [1.82, 2.24) is 24.5 Å². The maximum atomic E-state index is 14.4. The molecule has 2 aromatic carbocycles. The molecule has 1 unspecified atom stereocenters. The lowest BCUT2D eigenvalue weighted by Gasteiger charge is -2.32. The highest BCUT2D eigenvalue weighted by Crippen LogP contribution is 2.33. The maximum absolute atomic E-state index is 14.4. The highest BCUT2D eigenvalue weighted by molar-refractivity contribution is 5.94. The van der Waals surface area contributed by atoms with Gasteiger partial charge in [0, 0.05) is 11.8 Å². The fourth-order valence-corrected chi connectivity index (χ4v) is 4.53. The first-order valence-corrected chi connectivity index (χ1v) is 12.6. The number of pyridine rings is 1. The van der Waals surface area contributed by atoms with E-state index in [1.807, 2.05) is 19.9 Å². The van der Waals surface area contributed by atoms with E-state index >= 15 is 0 Å².